The van der Waals surface area contributed by atoms with Gasteiger partial charge in [0.05, 0.1) is 12.0 Å². The number of rotatable bonds is 1. The maximum atomic E-state index is 13.1. The number of amides is 1. The van der Waals surface area contributed by atoms with Crippen molar-refractivity contribution in [2.45, 2.75) is 6.42 Å². The number of primary amides is 1. The summed E-state index contributed by atoms with van der Waals surface area (Å²) >= 11 is 2.94. The van der Waals surface area contributed by atoms with Crippen LogP contribution in [0.3, 0.4) is 0 Å². The normalized spacial score (nSPS) is 9.27. The second-order valence-corrected chi connectivity index (χ2v) is 3.60. The molecule has 0 radical (unpaired) electrons. The highest BCUT2D eigenvalue weighted by atomic mass is 79.9. The molecule has 1 amide bonds. The summed E-state index contributed by atoms with van der Waals surface area (Å²) in [5, 5.41) is 0. The van der Waals surface area contributed by atoms with Crippen molar-refractivity contribution in [2.75, 3.05) is 0 Å². The van der Waals surface area contributed by atoms with Gasteiger partial charge >= 0.3 is 0 Å². The van der Waals surface area contributed by atoms with Crippen LogP contribution in [0.25, 0.3) is 0 Å². The van der Waals surface area contributed by atoms with Crippen LogP contribution in [0.1, 0.15) is 12.0 Å². The summed E-state index contributed by atoms with van der Waals surface area (Å²) in [5.74, 6) is 2.30. The van der Waals surface area contributed by atoms with Crippen molar-refractivity contribution < 1.29 is 13.6 Å². The third-order valence-corrected chi connectivity index (χ3v) is 1.94. The number of hydrogen-bond acceptors (Lipinski definition) is 1. The van der Waals surface area contributed by atoms with Gasteiger partial charge in [0, 0.05) is 4.47 Å². The van der Waals surface area contributed by atoms with E-state index in [1.54, 1.807) is 0 Å². The Hall–Kier alpha value is -1.41. The lowest BCUT2D eigenvalue weighted by molar-refractivity contribution is -0.117. The van der Waals surface area contributed by atoms with Crippen molar-refractivity contribution in [3.8, 4) is 11.8 Å². The Kier molecular flexibility index (Phi) is 3.81. The molecule has 1 aromatic carbocycles. The van der Waals surface area contributed by atoms with E-state index in [2.05, 4.69) is 27.8 Å². The third-order valence-electron chi connectivity index (χ3n) is 1.48. The average Bonchev–Trinajstić information content (AvgIpc) is 2.08. The molecule has 0 fully saturated rings. The molecule has 0 unspecified atom stereocenters. The zero-order valence-electron chi connectivity index (χ0n) is 7.48. The largest absolute Gasteiger partial charge is 0.369 e. The van der Waals surface area contributed by atoms with Crippen molar-refractivity contribution in [1.82, 2.24) is 0 Å². The topological polar surface area (TPSA) is 43.1 Å². The van der Waals surface area contributed by atoms with Crippen LogP contribution in [-0.4, -0.2) is 5.91 Å². The van der Waals surface area contributed by atoms with Crippen LogP contribution in [0.2, 0.25) is 0 Å². The minimum atomic E-state index is -0.779. The standard InChI is InChI=1S/C10H6BrF2NO/c11-6-4-8(12)7(9(13)5-6)2-1-3-10(14)15/h4-5H,3H2,(H2,14,15). The van der Waals surface area contributed by atoms with E-state index < -0.39 is 17.5 Å². The fraction of sp³-hybridized carbons (Fsp3) is 0.100. The molecule has 0 saturated heterocycles. The first-order chi connectivity index (χ1) is 7.00. The van der Waals surface area contributed by atoms with Crippen molar-refractivity contribution in [3.05, 3.63) is 33.8 Å². The zero-order chi connectivity index (χ0) is 11.4. The van der Waals surface area contributed by atoms with Crippen molar-refractivity contribution in [1.29, 1.82) is 0 Å². The molecule has 0 aliphatic carbocycles. The van der Waals surface area contributed by atoms with Gasteiger partial charge in [-0.3, -0.25) is 4.79 Å². The Bertz CT molecular complexity index is 439. The van der Waals surface area contributed by atoms with Crippen LogP contribution >= 0.6 is 15.9 Å². The number of carbonyl (C=O) groups excluding carboxylic acids is 1. The van der Waals surface area contributed by atoms with E-state index >= 15 is 0 Å². The van der Waals surface area contributed by atoms with E-state index in [-0.39, 0.29) is 16.5 Å². The van der Waals surface area contributed by atoms with Crippen molar-refractivity contribution >= 4 is 21.8 Å². The second kappa shape index (κ2) is 4.89. The summed E-state index contributed by atoms with van der Waals surface area (Å²) in [6.45, 7) is 0. The summed E-state index contributed by atoms with van der Waals surface area (Å²) in [5.41, 5.74) is 4.46. The highest BCUT2D eigenvalue weighted by Gasteiger charge is 2.07. The fourth-order valence-electron chi connectivity index (χ4n) is 0.881. The monoisotopic (exact) mass is 273 g/mol. The first-order valence-corrected chi connectivity index (χ1v) is 4.71. The molecule has 15 heavy (non-hydrogen) atoms. The second-order valence-electron chi connectivity index (χ2n) is 2.69. The van der Waals surface area contributed by atoms with Crippen LogP contribution in [0.5, 0.6) is 0 Å². The van der Waals surface area contributed by atoms with Crippen LogP contribution in [0.15, 0.2) is 16.6 Å². The molecule has 5 heteroatoms. The lowest BCUT2D eigenvalue weighted by Crippen LogP contribution is -2.08. The van der Waals surface area contributed by atoms with Gasteiger partial charge in [-0.05, 0) is 12.1 Å². The Morgan fingerprint density at radius 3 is 2.40 bits per heavy atom. The van der Waals surface area contributed by atoms with Crippen LogP contribution in [0.4, 0.5) is 8.78 Å². The molecule has 0 heterocycles. The van der Waals surface area contributed by atoms with Crippen molar-refractivity contribution in [3.63, 3.8) is 0 Å². The molecule has 1 rings (SSSR count). The lowest BCUT2D eigenvalue weighted by atomic mass is 10.2. The van der Waals surface area contributed by atoms with Gasteiger partial charge < -0.3 is 5.73 Å². The van der Waals surface area contributed by atoms with Gasteiger partial charge in [0.25, 0.3) is 0 Å². The molecular weight excluding hydrogens is 268 g/mol. The highest BCUT2D eigenvalue weighted by Crippen LogP contribution is 2.18. The molecule has 0 aromatic heterocycles. The molecule has 2 nitrogen and oxygen atoms in total. The number of benzene rings is 1. The molecule has 0 atom stereocenters. The minimum Gasteiger partial charge on any atom is -0.369 e. The van der Waals surface area contributed by atoms with Gasteiger partial charge in [0.1, 0.15) is 11.6 Å². The molecule has 0 bridgehead atoms. The quantitative estimate of drug-likeness (QED) is 0.781. The maximum Gasteiger partial charge on any atom is 0.229 e. The summed E-state index contributed by atoms with van der Waals surface area (Å²) < 4.78 is 26.6. The van der Waals surface area contributed by atoms with Gasteiger partial charge in [-0.1, -0.05) is 27.8 Å². The van der Waals surface area contributed by atoms with Gasteiger partial charge in [-0.2, -0.15) is 0 Å². The Labute approximate surface area is 93.6 Å². The molecule has 1 aromatic rings. The number of hydrogen-bond donors (Lipinski definition) is 1. The van der Waals surface area contributed by atoms with E-state index in [1.807, 2.05) is 0 Å². The third kappa shape index (κ3) is 3.33. The molecule has 0 saturated carbocycles. The predicted octanol–water partition coefficient (Wildman–Crippen LogP) is 1.95. The summed E-state index contributed by atoms with van der Waals surface area (Å²) in [6, 6.07) is 2.19. The lowest BCUT2D eigenvalue weighted by Gasteiger charge is -1.97. The zero-order valence-corrected chi connectivity index (χ0v) is 9.07. The smallest absolute Gasteiger partial charge is 0.229 e. The summed E-state index contributed by atoms with van der Waals surface area (Å²) in [4.78, 5) is 10.3. The molecule has 2 N–H and O–H groups in total. The van der Waals surface area contributed by atoms with Gasteiger partial charge in [0.15, 0.2) is 0 Å². The van der Waals surface area contributed by atoms with E-state index in [9.17, 15) is 13.6 Å². The highest BCUT2D eigenvalue weighted by molar-refractivity contribution is 9.10. The molecule has 0 aliphatic heterocycles. The molecule has 0 spiro atoms. The summed E-state index contributed by atoms with van der Waals surface area (Å²) in [7, 11) is 0. The fourth-order valence-corrected chi connectivity index (χ4v) is 1.28. The van der Waals surface area contributed by atoms with E-state index in [0.29, 0.717) is 0 Å². The SMILES string of the molecule is NC(=O)CC#Cc1c(F)cc(Br)cc1F. The maximum absolute atomic E-state index is 13.1. The van der Waals surface area contributed by atoms with Crippen LogP contribution in [-0.2, 0) is 4.79 Å². The minimum absolute atomic E-state index is 0.227. The number of nitrogens with two attached hydrogens (primary N) is 1. The van der Waals surface area contributed by atoms with E-state index in [1.165, 1.54) is 0 Å². The van der Waals surface area contributed by atoms with Crippen LogP contribution in [0, 0.1) is 23.5 Å². The number of carbonyl (C=O) groups is 1. The molecule has 78 valence electrons. The Morgan fingerprint density at radius 2 is 1.93 bits per heavy atom. The van der Waals surface area contributed by atoms with Gasteiger partial charge in [-0.15, -0.1) is 0 Å². The van der Waals surface area contributed by atoms with Crippen molar-refractivity contribution in [2.24, 2.45) is 5.73 Å². The summed E-state index contributed by atoms with van der Waals surface area (Å²) in [6.07, 6.45) is -0.227. The van der Waals surface area contributed by atoms with Crippen LogP contribution < -0.4 is 5.73 Å². The van der Waals surface area contributed by atoms with E-state index in [0.717, 1.165) is 12.1 Å². The number of halogens is 3. The molecule has 0 aliphatic rings. The van der Waals surface area contributed by atoms with E-state index in [4.69, 9.17) is 5.73 Å². The molecular formula is C10H6BrF2NO. The first kappa shape index (κ1) is 11.7. The van der Waals surface area contributed by atoms with Gasteiger partial charge in [-0.25, -0.2) is 8.78 Å². The Morgan fingerprint density at radius 1 is 1.40 bits per heavy atom. The Balaban J connectivity index is 3.03. The predicted molar refractivity (Wildman–Crippen MR) is 54.7 cm³/mol. The average molecular weight is 274 g/mol. The van der Waals surface area contributed by atoms with Gasteiger partial charge in [0.2, 0.25) is 5.91 Å². The first-order valence-electron chi connectivity index (χ1n) is 3.92.